The third-order valence-corrected chi connectivity index (χ3v) is 6.85. The number of carbonyl (C=O) groups excluding carboxylic acids is 3. The molecule has 0 aliphatic carbocycles. The molecule has 4 rings (SSSR count). The van der Waals surface area contributed by atoms with Crippen LogP contribution in [-0.4, -0.2) is 22.4 Å². The van der Waals surface area contributed by atoms with Gasteiger partial charge in [0.1, 0.15) is 5.69 Å². The van der Waals surface area contributed by atoms with Gasteiger partial charge in [-0.15, -0.1) is 0 Å². The van der Waals surface area contributed by atoms with Crippen LogP contribution in [0.2, 0.25) is 0 Å². The molecule has 0 bridgehead atoms. The largest absolute Gasteiger partial charge is 0.328 e. The van der Waals surface area contributed by atoms with Crippen molar-refractivity contribution in [3.63, 3.8) is 0 Å². The maximum absolute atomic E-state index is 13.1. The van der Waals surface area contributed by atoms with E-state index in [1.54, 1.807) is 60.7 Å². The summed E-state index contributed by atoms with van der Waals surface area (Å²) in [5.74, 6) is -2.22. The number of rotatable bonds is 4. The molecule has 0 fully saturated rings. The lowest BCUT2D eigenvalue weighted by molar-refractivity contribution is -0.133. The molecule has 3 aromatic carbocycles. The Morgan fingerprint density at radius 1 is 0.735 bits per heavy atom. The van der Waals surface area contributed by atoms with Crippen molar-refractivity contribution in [3.05, 3.63) is 91.4 Å². The van der Waals surface area contributed by atoms with E-state index in [-0.39, 0.29) is 5.69 Å². The van der Waals surface area contributed by atoms with E-state index in [2.05, 4.69) is 63.8 Å². The molecule has 1 heterocycles. The second-order valence-electron chi connectivity index (χ2n) is 7.39. The molecule has 3 N–H and O–H groups in total. The van der Waals surface area contributed by atoms with Crippen LogP contribution in [0.1, 0.15) is 16.1 Å². The zero-order valence-electron chi connectivity index (χ0n) is 17.7. The van der Waals surface area contributed by atoms with Gasteiger partial charge in [-0.05, 0) is 79.2 Å². The van der Waals surface area contributed by atoms with Crippen molar-refractivity contribution in [3.8, 4) is 0 Å². The predicted molar refractivity (Wildman–Crippen MR) is 144 cm³/mol. The Bertz CT molecular complexity index is 1430. The van der Waals surface area contributed by atoms with Gasteiger partial charge in [-0.2, -0.15) is 0 Å². The van der Waals surface area contributed by atoms with Crippen molar-refractivity contribution >= 4 is 87.8 Å². The SMILES string of the molecule is Cc1cc(NC(=O)C(=O)Nn2c(C(=O)Nc3ccc(Br)cc3)cc3cc(Br)ccc32)ccc1Br. The van der Waals surface area contributed by atoms with Crippen LogP contribution >= 0.6 is 47.8 Å². The van der Waals surface area contributed by atoms with Crippen LogP contribution in [0.5, 0.6) is 0 Å². The maximum atomic E-state index is 13.1. The number of carbonyl (C=O) groups is 3. The highest BCUT2D eigenvalue weighted by atomic mass is 79.9. The minimum Gasteiger partial charge on any atom is -0.321 e. The van der Waals surface area contributed by atoms with E-state index in [1.807, 2.05) is 13.0 Å². The molecule has 10 heteroatoms. The Hall–Kier alpha value is -2.95. The van der Waals surface area contributed by atoms with Crippen molar-refractivity contribution < 1.29 is 14.4 Å². The molecule has 0 aliphatic heterocycles. The molecule has 0 unspecified atom stereocenters. The molecular weight excluding hydrogens is 632 g/mol. The fraction of sp³-hybridized carbons (Fsp3) is 0.0417. The van der Waals surface area contributed by atoms with Crippen molar-refractivity contribution in [2.75, 3.05) is 16.1 Å². The van der Waals surface area contributed by atoms with Crippen LogP contribution in [0, 0.1) is 6.92 Å². The Labute approximate surface area is 220 Å². The number of hydrogen-bond donors (Lipinski definition) is 3. The van der Waals surface area contributed by atoms with Crippen LogP contribution in [0.25, 0.3) is 10.9 Å². The monoisotopic (exact) mass is 646 g/mol. The van der Waals surface area contributed by atoms with Gasteiger partial charge in [-0.25, -0.2) is 4.68 Å². The summed E-state index contributed by atoms with van der Waals surface area (Å²) in [6, 6.07) is 19.3. The minimum atomic E-state index is -0.918. The third-order valence-electron chi connectivity index (χ3n) is 4.93. The average molecular weight is 649 g/mol. The van der Waals surface area contributed by atoms with Crippen molar-refractivity contribution in [1.82, 2.24) is 4.68 Å². The van der Waals surface area contributed by atoms with Gasteiger partial charge in [0.2, 0.25) is 0 Å². The number of nitrogens with one attached hydrogen (secondary N) is 3. The summed E-state index contributed by atoms with van der Waals surface area (Å²) >= 11 is 10.2. The van der Waals surface area contributed by atoms with Crippen LogP contribution in [0.3, 0.4) is 0 Å². The highest BCUT2D eigenvalue weighted by Gasteiger charge is 2.21. The molecule has 7 nitrogen and oxygen atoms in total. The summed E-state index contributed by atoms with van der Waals surface area (Å²) in [5, 5.41) is 6.09. The summed E-state index contributed by atoms with van der Waals surface area (Å²) < 4.78 is 3.89. The minimum absolute atomic E-state index is 0.164. The maximum Gasteiger partial charge on any atom is 0.328 e. The predicted octanol–water partition coefficient (Wildman–Crippen LogP) is 6.20. The van der Waals surface area contributed by atoms with Crippen molar-refractivity contribution in [1.29, 1.82) is 0 Å². The zero-order chi connectivity index (χ0) is 24.4. The lowest BCUT2D eigenvalue weighted by Gasteiger charge is -2.13. The van der Waals surface area contributed by atoms with Crippen LogP contribution in [-0.2, 0) is 9.59 Å². The molecule has 3 amide bonds. The second kappa shape index (κ2) is 10.1. The van der Waals surface area contributed by atoms with E-state index >= 15 is 0 Å². The second-order valence-corrected chi connectivity index (χ2v) is 10.1. The normalized spacial score (nSPS) is 10.7. The average Bonchev–Trinajstić information content (AvgIpc) is 3.15. The standard InChI is InChI=1S/C24H17Br3N4O3/c1-13-10-18(7-8-19(13)27)29-23(33)24(34)30-31-20-9-4-16(26)11-14(20)12-21(31)22(32)28-17-5-2-15(25)3-6-17/h2-12H,1H3,(H,28,32)(H,29,33)(H,30,34). The first kappa shape index (κ1) is 24.2. The van der Waals surface area contributed by atoms with Gasteiger partial charge in [0, 0.05) is 30.2 Å². The van der Waals surface area contributed by atoms with E-state index in [1.165, 1.54) is 4.68 Å². The Balaban J connectivity index is 1.61. The number of aryl methyl sites for hydroxylation is 1. The molecule has 0 aliphatic rings. The molecular formula is C24H17Br3N4O3. The quantitative estimate of drug-likeness (QED) is 0.230. The van der Waals surface area contributed by atoms with Gasteiger partial charge in [0.15, 0.2) is 0 Å². The molecule has 0 atom stereocenters. The molecule has 0 radical (unpaired) electrons. The fourth-order valence-corrected chi connectivity index (χ4v) is 4.15. The molecule has 0 saturated carbocycles. The van der Waals surface area contributed by atoms with Gasteiger partial charge in [-0.1, -0.05) is 47.8 Å². The van der Waals surface area contributed by atoms with Gasteiger partial charge >= 0.3 is 11.8 Å². The van der Waals surface area contributed by atoms with Gasteiger partial charge in [-0.3, -0.25) is 19.8 Å². The van der Waals surface area contributed by atoms with E-state index < -0.39 is 17.7 Å². The number of fused-ring (bicyclic) bond motifs is 1. The summed E-state index contributed by atoms with van der Waals surface area (Å²) in [7, 11) is 0. The summed E-state index contributed by atoms with van der Waals surface area (Å²) in [4.78, 5) is 38.4. The number of aromatic nitrogens is 1. The highest BCUT2D eigenvalue weighted by Crippen LogP contribution is 2.24. The molecule has 1 aromatic heterocycles. The van der Waals surface area contributed by atoms with Gasteiger partial charge in [0.05, 0.1) is 5.52 Å². The van der Waals surface area contributed by atoms with Gasteiger partial charge in [0.25, 0.3) is 5.91 Å². The molecule has 172 valence electrons. The third kappa shape index (κ3) is 5.40. The summed E-state index contributed by atoms with van der Waals surface area (Å²) in [5.41, 5.74) is 5.25. The number of benzene rings is 3. The first-order valence-corrected chi connectivity index (χ1v) is 12.4. The first-order valence-electron chi connectivity index (χ1n) is 9.97. The van der Waals surface area contributed by atoms with Crippen LogP contribution in [0.15, 0.2) is 80.1 Å². The van der Waals surface area contributed by atoms with Gasteiger partial charge < -0.3 is 10.6 Å². The van der Waals surface area contributed by atoms with E-state index in [0.29, 0.717) is 22.3 Å². The lowest BCUT2D eigenvalue weighted by Crippen LogP contribution is -2.36. The smallest absolute Gasteiger partial charge is 0.321 e. The summed E-state index contributed by atoms with van der Waals surface area (Å²) in [6.07, 6.45) is 0. The Kier molecular flexibility index (Phi) is 7.20. The molecule has 0 spiro atoms. The number of hydrogen-bond acceptors (Lipinski definition) is 3. The highest BCUT2D eigenvalue weighted by molar-refractivity contribution is 9.11. The number of anilines is 2. The lowest BCUT2D eigenvalue weighted by atomic mass is 10.2. The topological polar surface area (TPSA) is 92.2 Å². The Morgan fingerprint density at radius 3 is 2.12 bits per heavy atom. The summed E-state index contributed by atoms with van der Waals surface area (Å²) in [6.45, 7) is 1.88. The molecule has 34 heavy (non-hydrogen) atoms. The van der Waals surface area contributed by atoms with E-state index in [0.717, 1.165) is 19.0 Å². The van der Waals surface area contributed by atoms with Crippen LogP contribution < -0.4 is 16.1 Å². The first-order chi connectivity index (χ1) is 16.2. The van der Waals surface area contributed by atoms with E-state index in [4.69, 9.17) is 0 Å². The molecule has 4 aromatic rings. The number of amides is 3. The van der Waals surface area contributed by atoms with E-state index in [9.17, 15) is 14.4 Å². The number of nitrogens with zero attached hydrogens (tertiary/aromatic N) is 1. The zero-order valence-corrected chi connectivity index (χ0v) is 22.4. The van der Waals surface area contributed by atoms with Crippen molar-refractivity contribution in [2.24, 2.45) is 0 Å². The Morgan fingerprint density at radius 2 is 1.41 bits per heavy atom. The fourth-order valence-electron chi connectivity index (χ4n) is 3.26. The molecule has 0 saturated heterocycles. The number of halogens is 3. The van der Waals surface area contributed by atoms with Crippen LogP contribution in [0.4, 0.5) is 11.4 Å². The van der Waals surface area contributed by atoms with Crippen molar-refractivity contribution in [2.45, 2.75) is 6.92 Å².